The summed E-state index contributed by atoms with van der Waals surface area (Å²) in [6.07, 6.45) is 6.35. The SMILES string of the molecule is COc1ccc2[nH]cc(CCNc3nccc(NCc4ccc5[nH]cnc5c4)n3)c2c1. The van der Waals surface area contributed by atoms with Gasteiger partial charge in [0.25, 0.3) is 0 Å². The Hall–Kier alpha value is -4.07. The van der Waals surface area contributed by atoms with Crippen molar-refractivity contribution in [3.63, 3.8) is 0 Å². The Balaban J connectivity index is 1.19. The van der Waals surface area contributed by atoms with Gasteiger partial charge in [0.2, 0.25) is 5.95 Å². The second-order valence-electron chi connectivity index (χ2n) is 7.28. The molecule has 0 saturated heterocycles. The van der Waals surface area contributed by atoms with E-state index in [9.17, 15) is 0 Å². The number of anilines is 2. The van der Waals surface area contributed by atoms with Crippen LogP contribution in [0.5, 0.6) is 5.75 Å². The molecule has 0 aliphatic heterocycles. The molecule has 0 radical (unpaired) electrons. The largest absolute Gasteiger partial charge is 0.497 e. The minimum atomic E-state index is 0.602. The number of ether oxygens (including phenoxy) is 1. The zero-order chi connectivity index (χ0) is 21.0. The molecule has 8 heteroatoms. The summed E-state index contributed by atoms with van der Waals surface area (Å²) in [4.78, 5) is 19.6. The summed E-state index contributed by atoms with van der Waals surface area (Å²) >= 11 is 0. The minimum absolute atomic E-state index is 0.602. The van der Waals surface area contributed by atoms with Crippen LogP contribution in [0.3, 0.4) is 0 Å². The first-order chi connectivity index (χ1) is 15.3. The number of fused-ring (bicyclic) bond motifs is 2. The molecular formula is C23H23N7O. The quantitative estimate of drug-likeness (QED) is 0.305. The molecule has 0 spiro atoms. The highest BCUT2D eigenvalue weighted by molar-refractivity contribution is 5.84. The molecule has 31 heavy (non-hydrogen) atoms. The number of imidazole rings is 1. The number of H-pyrrole nitrogens is 2. The number of nitrogens with one attached hydrogen (secondary N) is 4. The molecule has 0 aliphatic carbocycles. The van der Waals surface area contributed by atoms with Crippen LogP contribution in [0.25, 0.3) is 21.9 Å². The summed E-state index contributed by atoms with van der Waals surface area (Å²) in [6.45, 7) is 1.39. The van der Waals surface area contributed by atoms with Gasteiger partial charge in [0.15, 0.2) is 0 Å². The standard InChI is InChI=1S/C23H23N7O/c1-31-17-3-5-19-18(11-17)16(13-26-19)6-8-24-23-25-9-7-22(30-23)27-12-15-2-4-20-21(10-15)29-14-28-20/h2-5,7,9-11,13-14,26H,6,8,12H2,1H3,(H,28,29)(H2,24,25,27,30). The van der Waals surface area contributed by atoms with Crippen molar-refractivity contribution in [3.8, 4) is 5.75 Å². The molecule has 0 saturated carbocycles. The highest BCUT2D eigenvalue weighted by Gasteiger charge is 2.06. The van der Waals surface area contributed by atoms with E-state index in [-0.39, 0.29) is 0 Å². The maximum Gasteiger partial charge on any atom is 0.224 e. The maximum atomic E-state index is 5.34. The topological polar surface area (TPSA) is 104 Å². The molecule has 0 fully saturated rings. The summed E-state index contributed by atoms with van der Waals surface area (Å²) in [5.41, 5.74) is 5.46. The molecular weight excluding hydrogens is 390 g/mol. The van der Waals surface area contributed by atoms with E-state index in [1.807, 2.05) is 30.5 Å². The molecule has 0 atom stereocenters. The van der Waals surface area contributed by atoms with Gasteiger partial charge in [-0.25, -0.2) is 9.97 Å². The average molecular weight is 413 g/mol. The molecule has 156 valence electrons. The van der Waals surface area contributed by atoms with Gasteiger partial charge < -0.3 is 25.3 Å². The van der Waals surface area contributed by atoms with Crippen molar-refractivity contribution >= 4 is 33.7 Å². The van der Waals surface area contributed by atoms with Gasteiger partial charge in [0, 0.05) is 36.4 Å². The van der Waals surface area contributed by atoms with Gasteiger partial charge >= 0.3 is 0 Å². The van der Waals surface area contributed by atoms with E-state index in [1.165, 1.54) is 10.9 Å². The Labute approximate surface area is 179 Å². The van der Waals surface area contributed by atoms with Crippen LogP contribution in [0.4, 0.5) is 11.8 Å². The van der Waals surface area contributed by atoms with Crippen LogP contribution in [0.2, 0.25) is 0 Å². The lowest BCUT2D eigenvalue weighted by molar-refractivity contribution is 0.415. The van der Waals surface area contributed by atoms with Crippen LogP contribution >= 0.6 is 0 Å². The molecule has 2 aromatic carbocycles. The predicted octanol–water partition coefficient (Wildman–Crippen LogP) is 4.11. The van der Waals surface area contributed by atoms with Gasteiger partial charge in [-0.05, 0) is 53.9 Å². The lowest BCUT2D eigenvalue weighted by Gasteiger charge is -2.09. The van der Waals surface area contributed by atoms with E-state index in [1.54, 1.807) is 19.6 Å². The Morgan fingerprint density at radius 3 is 2.84 bits per heavy atom. The van der Waals surface area contributed by atoms with Crippen LogP contribution in [0.1, 0.15) is 11.1 Å². The Bertz CT molecular complexity index is 1320. The summed E-state index contributed by atoms with van der Waals surface area (Å²) in [6, 6.07) is 14.1. The van der Waals surface area contributed by atoms with Crippen LogP contribution in [0, 0.1) is 0 Å². The molecule has 5 aromatic rings. The van der Waals surface area contributed by atoms with Gasteiger partial charge in [-0.2, -0.15) is 4.98 Å². The van der Waals surface area contributed by atoms with Crippen LogP contribution in [-0.4, -0.2) is 38.6 Å². The number of hydrogen-bond acceptors (Lipinski definition) is 6. The van der Waals surface area contributed by atoms with E-state index in [2.05, 4.69) is 53.8 Å². The summed E-state index contributed by atoms with van der Waals surface area (Å²) in [5, 5.41) is 7.84. The number of aromatic amines is 2. The molecule has 0 amide bonds. The van der Waals surface area contributed by atoms with Crippen molar-refractivity contribution in [1.82, 2.24) is 24.9 Å². The predicted molar refractivity (Wildman–Crippen MR) is 122 cm³/mol. The molecule has 3 heterocycles. The Kier molecular flexibility index (Phi) is 5.10. The first-order valence-electron chi connectivity index (χ1n) is 10.2. The Morgan fingerprint density at radius 1 is 0.968 bits per heavy atom. The summed E-state index contributed by atoms with van der Waals surface area (Å²) < 4.78 is 5.34. The van der Waals surface area contributed by atoms with Gasteiger partial charge in [-0.3, -0.25) is 0 Å². The van der Waals surface area contributed by atoms with E-state index in [4.69, 9.17) is 4.74 Å². The molecule has 8 nitrogen and oxygen atoms in total. The fourth-order valence-corrected chi connectivity index (χ4v) is 3.62. The summed E-state index contributed by atoms with van der Waals surface area (Å²) in [7, 11) is 1.68. The third-order valence-electron chi connectivity index (χ3n) is 5.27. The van der Waals surface area contributed by atoms with Crippen molar-refractivity contribution in [2.45, 2.75) is 13.0 Å². The fraction of sp³-hybridized carbons (Fsp3) is 0.174. The first kappa shape index (κ1) is 18.9. The molecule has 3 aromatic heterocycles. The molecule has 0 unspecified atom stereocenters. The number of nitrogens with zero attached hydrogens (tertiary/aromatic N) is 3. The lowest BCUT2D eigenvalue weighted by atomic mass is 10.1. The average Bonchev–Trinajstić information content (AvgIpc) is 3.44. The van der Waals surface area contributed by atoms with Gasteiger partial charge in [0.05, 0.1) is 24.5 Å². The summed E-state index contributed by atoms with van der Waals surface area (Å²) in [5.74, 6) is 2.23. The number of benzene rings is 2. The van der Waals surface area contributed by atoms with Gasteiger partial charge in [0.1, 0.15) is 11.6 Å². The zero-order valence-corrected chi connectivity index (χ0v) is 17.1. The van der Waals surface area contributed by atoms with Crippen LogP contribution in [0.15, 0.2) is 61.2 Å². The van der Waals surface area contributed by atoms with Crippen molar-refractivity contribution in [2.75, 3.05) is 24.3 Å². The Morgan fingerprint density at radius 2 is 1.90 bits per heavy atom. The fourth-order valence-electron chi connectivity index (χ4n) is 3.62. The second kappa shape index (κ2) is 8.35. The first-order valence-corrected chi connectivity index (χ1v) is 10.2. The number of methoxy groups -OCH3 is 1. The van der Waals surface area contributed by atoms with E-state index < -0.39 is 0 Å². The van der Waals surface area contributed by atoms with Crippen molar-refractivity contribution in [1.29, 1.82) is 0 Å². The highest BCUT2D eigenvalue weighted by atomic mass is 16.5. The smallest absolute Gasteiger partial charge is 0.224 e. The molecule has 0 bridgehead atoms. The highest BCUT2D eigenvalue weighted by Crippen LogP contribution is 2.24. The number of rotatable bonds is 8. The maximum absolute atomic E-state index is 5.34. The monoisotopic (exact) mass is 413 g/mol. The zero-order valence-electron chi connectivity index (χ0n) is 17.1. The van der Waals surface area contributed by atoms with Crippen LogP contribution < -0.4 is 15.4 Å². The van der Waals surface area contributed by atoms with Gasteiger partial charge in [-0.15, -0.1) is 0 Å². The number of aromatic nitrogens is 5. The molecule has 5 rings (SSSR count). The molecule has 4 N–H and O–H groups in total. The third-order valence-corrected chi connectivity index (χ3v) is 5.27. The number of hydrogen-bond donors (Lipinski definition) is 4. The lowest BCUT2D eigenvalue weighted by Crippen LogP contribution is -2.09. The van der Waals surface area contributed by atoms with E-state index >= 15 is 0 Å². The van der Waals surface area contributed by atoms with Crippen LogP contribution in [-0.2, 0) is 13.0 Å². The third kappa shape index (κ3) is 4.13. The van der Waals surface area contributed by atoms with Crippen molar-refractivity contribution in [3.05, 3.63) is 72.3 Å². The second-order valence-corrected chi connectivity index (χ2v) is 7.28. The van der Waals surface area contributed by atoms with Gasteiger partial charge in [-0.1, -0.05) is 6.07 Å². The molecule has 0 aliphatic rings. The van der Waals surface area contributed by atoms with Crippen molar-refractivity contribution < 1.29 is 4.74 Å². The van der Waals surface area contributed by atoms with E-state index in [0.717, 1.165) is 46.6 Å². The minimum Gasteiger partial charge on any atom is -0.497 e. The van der Waals surface area contributed by atoms with Crippen molar-refractivity contribution in [2.24, 2.45) is 0 Å². The normalized spacial score (nSPS) is 11.1. The van der Waals surface area contributed by atoms with E-state index in [0.29, 0.717) is 12.5 Å².